The Bertz CT molecular complexity index is 350. The van der Waals surface area contributed by atoms with Crippen LogP contribution in [0.3, 0.4) is 0 Å². The molecule has 1 aromatic carbocycles. The summed E-state index contributed by atoms with van der Waals surface area (Å²) in [6.07, 6.45) is 1.00. The van der Waals surface area contributed by atoms with Gasteiger partial charge in [0.1, 0.15) is 12.4 Å². The van der Waals surface area contributed by atoms with Crippen LogP contribution in [-0.2, 0) is 11.3 Å². The van der Waals surface area contributed by atoms with Crippen LogP contribution in [0.5, 0.6) is 5.75 Å². The van der Waals surface area contributed by atoms with E-state index in [1.807, 2.05) is 25.2 Å². The van der Waals surface area contributed by atoms with Crippen molar-refractivity contribution in [3.8, 4) is 5.75 Å². The molecular formula is C15H25NO2. The van der Waals surface area contributed by atoms with Gasteiger partial charge < -0.3 is 14.8 Å². The van der Waals surface area contributed by atoms with Crippen molar-refractivity contribution in [2.75, 3.05) is 20.3 Å². The van der Waals surface area contributed by atoms with Crippen LogP contribution < -0.4 is 10.1 Å². The Kier molecular flexibility index (Phi) is 6.16. The van der Waals surface area contributed by atoms with Gasteiger partial charge in [0.05, 0.1) is 12.2 Å². The maximum atomic E-state index is 5.76. The standard InChI is InChI=1S/C15H25NO2/c1-5-15(2,3)18-11-10-17-14-9-7-6-8-13(14)12-16-4/h6-9,16H,5,10-12H2,1-4H3. The molecule has 0 bridgehead atoms. The van der Waals surface area contributed by atoms with Gasteiger partial charge >= 0.3 is 0 Å². The number of para-hydroxylation sites is 1. The predicted molar refractivity (Wildman–Crippen MR) is 75.0 cm³/mol. The summed E-state index contributed by atoms with van der Waals surface area (Å²) in [6.45, 7) is 8.35. The highest BCUT2D eigenvalue weighted by Crippen LogP contribution is 2.18. The first-order valence-corrected chi connectivity index (χ1v) is 6.58. The third kappa shape index (κ3) is 5.07. The number of hydrogen-bond donors (Lipinski definition) is 1. The molecule has 0 atom stereocenters. The van der Waals surface area contributed by atoms with Crippen molar-refractivity contribution in [2.24, 2.45) is 0 Å². The Hall–Kier alpha value is -1.06. The molecule has 0 saturated heterocycles. The van der Waals surface area contributed by atoms with E-state index in [0.717, 1.165) is 18.7 Å². The van der Waals surface area contributed by atoms with Gasteiger partial charge in [-0.25, -0.2) is 0 Å². The van der Waals surface area contributed by atoms with E-state index in [1.165, 1.54) is 5.56 Å². The molecule has 0 aliphatic heterocycles. The lowest BCUT2D eigenvalue weighted by atomic mass is 10.1. The Morgan fingerprint density at radius 2 is 1.89 bits per heavy atom. The minimum atomic E-state index is -0.0617. The van der Waals surface area contributed by atoms with Gasteiger partial charge in [0.15, 0.2) is 0 Å². The summed E-state index contributed by atoms with van der Waals surface area (Å²) < 4.78 is 11.5. The number of benzene rings is 1. The number of ether oxygens (including phenoxy) is 2. The fraction of sp³-hybridized carbons (Fsp3) is 0.600. The third-order valence-electron chi connectivity index (χ3n) is 3.02. The van der Waals surface area contributed by atoms with Crippen molar-refractivity contribution in [2.45, 2.75) is 39.3 Å². The van der Waals surface area contributed by atoms with E-state index >= 15 is 0 Å². The molecule has 0 aliphatic carbocycles. The van der Waals surface area contributed by atoms with Crippen LogP contribution in [0.1, 0.15) is 32.8 Å². The molecule has 1 N–H and O–H groups in total. The molecule has 0 heterocycles. The number of nitrogens with one attached hydrogen (secondary N) is 1. The van der Waals surface area contributed by atoms with Gasteiger partial charge in [-0.2, -0.15) is 0 Å². The maximum absolute atomic E-state index is 5.76. The first kappa shape index (κ1) is 15.0. The Morgan fingerprint density at radius 3 is 2.56 bits per heavy atom. The van der Waals surface area contributed by atoms with Crippen molar-refractivity contribution in [3.05, 3.63) is 29.8 Å². The van der Waals surface area contributed by atoms with Gasteiger partial charge in [-0.05, 0) is 33.4 Å². The largest absolute Gasteiger partial charge is 0.491 e. The zero-order valence-electron chi connectivity index (χ0n) is 12.0. The van der Waals surface area contributed by atoms with Crippen molar-refractivity contribution in [1.82, 2.24) is 5.32 Å². The molecule has 0 aromatic heterocycles. The molecule has 0 saturated carbocycles. The molecule has 0 radical (unpaired) electrons. The quantitative estimate of drug-likeness (QED) is 0.720. The summed E-state index contributed by atoms with van der Waals surface area (Å²) in [5.41, 5.74) is 1.11. The molecule has 3 nitrogen and oxygen atoms in total. The highest BCUT2D eigenvalue weighted by molar-refractivity contribution is 5.33. The molecule has 0 unspecified atom stereocenters. The molecule has 0 aliphatic rings. The van der Waals surface area contributed by atoms with Crippen molar-refractivity contribution >= 4 is 0 Å². The fourth-order valence-electron chi connectivity index (χ4n) is 1.55. The third-order valence-corrected chi connectivity index (χ3v) is 3.02. The molecule has 1 rings (SSSR count). The van der Waals surface area contributed by atoms with Gasteiger partial charge in [-0.3, -0.25) is 0 Å². The second-order valence-corrected chi connectivity index (χ2v) is 4.95. The average Bonchev–Trinajstić information content (AvgIpc) is 2.37. The van der Waals surface area contributed by atoms with Crippen molar-refractivity contribution < 1.29 is 9.47 Å². The van der Waals surface area contributed by atoms with E-state index in [1.54, 1.807) is 0 Å². The average molecular weight is 251 g/mol. The smallest absolute Gasteiger partial charge is 0.123 e. The number of hydrogen-bond acceptors (Lipinski definition) is 3. The summed E-state index contributed by atoms with van der Waals surface area (Å²) in [5.74, 6) is 0.935. The first-order valence-electron chi connectivity index (χ1n) is 6.58. The first-order chi connectivity index (χ1) is 8.59. The minimum absolute atomic E-state index is 0.0617. The fourth-order valence-corrected chi connectivity index (χ4v) is 1.55. The predicted octanol–water partition coefficient (Wildman–Crippen LogP) is 2.99. The van der Waals surface area contributed by atoms with Crippen molar-refractivity contribution in [3.63, 3.8) is 0 Å². The summed E-state index contributed by atoms with van der Waals surface area (Å²) in [5, 5.41) is 3.14. The lowest BCUT2D eigenvalue weighted by Crippen LogP contribution is -2.25. The van der Waals surface area contributed by atoms with Crippen molar-refractivity contribution in [1.29, 1.82) is 0 Å². The lowest BCUT2D eigenvalue weighted by molar-refractivity contribution is -0.0318. The Morgan fingerprint density at radius 1 is 1.17 bits per heavy atom. The minimum Gasteiger partial charge on any atom is -0.491 e. The second kappa shape index (κ2) is 7.39. The highest BCUT2D eigenvalue weighted by atomic mass is 16.5. The normalized spacial score (nSPS) is 11.6. The van der Waals surface area contributed by atoms with E-state index in [-0.39, 0.29) is 5.60 Å². The monoisotopic (exact) mass is 251 g/mol. The topological polar surface area (TPSA) is 30.5 Å². The summed E-state index contributed by atoms with van der Waals surface area (Å²) in [6, 6.07) is 8.09. The molecule has 0 fully saturated rings. The zero-order valence-corrected chi connectivity index (χ0v) is 12.0. The summed E-state index contributed by atoms with van der Waals surface area (Å²) in [4.78, 5) is 0. The molecule has 0 spiro atoms. The van der Waals surface area contributed by atoms with E-state index < -0.39 is 0 Å². The van der Waals surface area contributed by atoms with Crippen LogP contribution in [-0.4, -0.2) is 25.9 Å². The van der Waals surface area contributed by atoms with E-state index in [0.29, 0.717) is 13.2 Å². The number of rotatable bonds is 8. The van der Waals surface area contributed by atoms with E-state index in [9.17, 15) is 0 Å². The van der Waals surface area contributed by atoms with Crippen LogP contribution >= 0.6 is 0 Å². The molecule has 102 valence electrons. The molecule has 3 heteroatoms. The van der Waals surface area contributed by atoms with Gasteiger partial charge in [-0.15, -0.1) is 0 Å². The van der Waals surface area contributed by atoms with E-state index in [4.69, 9.17) is 9.47 Å². The zero-order chi connectivity index (χ0) is 13.4. The SMILES string of the molecule is CCC(C)(C)OCCOc1ccccc1CNC. The second-order valence-electron chi connectivity index (χ2n) is 4.95. The van der Waals surface area contributed by atoms with Gasteiger partial charge in [-0.1, -0.05) is 25.1 Å². The molecule has 0 amide bonds. The maximum Gasteiger partial charge on any atom is 0.123 e. The van der Waals surface area contributed by atoms with Gasteiger partial charge in [0.2, 0.25) is 0 Å². The van der Waals surface area contributed by atoms with Crippen LogP contribution in [0.4, 0.5) is 0 Å². The lowest BCUT2D eigenvalue weighted by Gasteiger charge is -2.23. The van der Waals surface area contributed by atoms with Crippen LogP contribution in [0.25, 0.3) is 0 Å². The molecular weight excluding hydrogens is 226 g/mol. The highest BCUT2D eigenvalue weighted by Gasteiger charge is 2.14. The van der Waals surface area contributed by atoms with Crippen LogP contribution in [0.15, 0.2) is 24.3 Å². The van der Waals surface area contributed by atoms with Gasteiger partial charge in [0, 0.05) is 12.1 Å². The van der Waals surface area contributed by atoms with Crippen LogP contribution in [0.2, 0.25) is 0 Å². The molecule has 1 aromatic rings. The van der Waals surface area contributed by atoms with Gasteiger partial charge in [0.25, 0.3) is 0 Å². The Labute approximate surface area is 110 Å². The van der Waals surface area contributed by atoms with Crippen LogP contribution in [0, 0.1) is 0 Å². The molecule has 18 heavy (non-hydrogen) atoms. The Balaban J connectivity index is 2.39. The van der Waals surface area contributed by atoms with E-state index in [2.05, 4.69) is 32.2 Å². The summed E-state index contributed by atoms with van der Waals surface area (Å²) in [7, 11) is 1.93. The summed E-state index contributed by atoms with van der Waals surface area (Å²) >= 11 is 0.